The number of nitrogens with two attached hydrogens (primary N) is 1. The highest BCUT2D eigenvalue weighted by atomic mass is 32.1. The predicted molar refractivity (Wildman–Crippen MR) is 100 cm³/mol. The van der Waals surface area contributed by atoms with Crippen LogP contribution >= 0.6 is 12.2 Å². The first-order chi connectivity index (χ1) is 11.2. The Labute approximate surface area is 146 Å². The van der Waals surface area contributed by atoms with E-state index < -0.39 is 5.41 Å². The molecule has 0 fully saturated rings. The zero-order chi connectivity index (χ0) is 17.9. The average Bonchev–Trinajstić information content (AvgIpc) is 2.50. The van der Waals surface area contributed by atoms with Gasteiger partial charge in [-0.2, -0.15) is 0 Å². The second-order valence-electron chi connectivity index (χ2n) is 6.45. The number of thiocarbonyl (C=S) groups is 1. The molecule has 1 amide bonds. The molecule has 2 aromatic rings. The Balaban J connectivity index is 2.16. The minimum atomic E-state index is -0.766. The molecule has 1 heterocycles. The van der Waals surface area contributed by atoms with Gasteiger partial charge in [0.1, 0.15) is 4.99 Å². The van der Waals surface area contributed by atoms with Gasteiger partial charge in [-0.25, -0.2) is 0 Å². The Morgan fingerprint density at radius 1 is 1.29 bits per heavy atom. The molecule has 2 rings (SSSR count). The molecule has 0 radical (unpaired) electrons. The number of amides is 1. The summed E-state index contributed by atoms with van der Waals surface area (Å²) in [5, 5.41) is 2.86. The number of nitrogens with zero attached hydrogens (tertiary/aromatic N) is 1. The quantitative estimate of drug-likeness (QED) is 0.818. The summed E-state index contributed by atoms with van der Waals surface area (Å²) >= 11 is 4.95. The van der Waals surface area contributed by atoms with Gasteiger partial charge in [0.15, 0.2) is 0 Å². The molecule has 0 unspecified atom stereocenters. The van der Waals surface area contributed by atoms with Gasteiger partial charge in [-0.3, -0.25) is 9.59 Å². The summed E-state index contributed by atoms with van der Waals surface area (Å²) < 4.78 is 1.54. The van der Waals surface area contributed by atoms with Crippen LogP contribution in [-0.2, 0) is 11.3 Å². The van der Waals surface area contributed by atoms with Gasteiger partial charge < -0.3 is 15.6 Å². The Hall–Kier alpha value is -2.47. The summed E-state index contributed by atoms with van der Waals surface area (Å²) in [5.74, 6) is -0.185. The smallest absolute Gasteiger partial charge is 0.250 e. The molecule has 6 heteroatoms. The van der Waals surface area contributed by atoms with E-state index in [2.05, 4.69) is 5.32 Å². The molecule has 0 aliphatic rings. The molecule has 0 saturated heterocycles. The number of rotatable bonds is 5. The molecule has 3 N–H and O–H groups in total. The summed E-state index contributed by atoms with van der Waals surface area (Å²) in [6.45, 7) is 5.74. The Bertz CT molecular complexity index is 840. The summed E-state index contributed by atoms with van der Waals surface area (Å²) in [6, 6.07) is 10.5. The number of benzene rings is 1. The van der Waals surface area contributed by atoms with Gasteiger partial charge in [-0.05, 0) is 44.5 Å². The lowest BCUT2D eigenvalue weighted by Gasteiger charge is -2.24. The molecule has 5 nitrogen and oxygen atoms in total. The summed E-state index contributed by atoms with van der Waals surface area (Å²) in [6.07, 6.45) is 1.71. The van der Waals surface area contributed by atoms with Gasteiger partial charge >= 0.3 is 0 Å². The summed E-state index contributed by atoms with van der Waals surface area (Å²) in [5.41, 5.74) is 6.93. The number of aromatic nitrogens is 1. The van der Waals surface area contributed by atoms with E-state index in [9.17, 15) is 9.59 Å². The van der Waals surface area contributed by atoms with E-state index in [0.717, 1.165) is 5.56 Å². The number of pyridine rings is 1. The van der Waals surface area contributed by atoms with Crippen molar-refractivity contribution >= 4 is 28.8 Å². The van der Waals surface area contributed by atoms with Crippen LogP contribution in [0, 0.1) is 12.3 Å². The van der Waals surface area contributed by atoms with E-state index in [1.165, 1.54) is 4.57 Å². The van der Waals surface area contributed by atoms with Crippen molar-refractivity contribution in [3.63, 3.8) is 0 Å². The minimum absolute atomic E-state index is 0.119. The molecule has 24 heavy (non-hydrogen) atoms. The van der Waals surface area contributed by atoms with Crippen LogP contribution in [0.3, 0.4) is 0 Å². The number of carbonyl (C=O) groups is 1. The van der Waals surface area contributed by atoms with Crippen molar-refractivity contribution in [2.75, 3.05) is 5.32 Å². The van der Waals surface area contributed by atoms with Crippen LogP contribution in [0.1, 0.15) is 25.0 Å². The monoisotopic (exact) mass is 343 g/mol. The lowest BCUT2D eigenvalue weighted by molar-refractivity contribution is -0.124. The van der Waals surface area contributed by atoms with Crippen LogP contribution in [-0.4, -0.2) is 15.5 Å². The summed E-state index contributed by atoms with van der Waals surface area (Å²) in [4.78, 5) is 24.9. The Morgan fingerprint density at radius 3 is 2.62 bits per heavy atom. The predicted octanol–water partition coefficient (Wildman–Crippen LogP) is 2.46. The lowest BCUT2D eigenvalue weighted by atomic mass is 9.91. The maximum absolute atomic E-state index is 12.6. The number of hydrogen-bond acceptors (Lipinski definition) is 3. The number of nitrogens with one attached hydrogen (secondary N) is 1. The zero-order valence-corrected chi connectivity index (χ0v) is 14.8. The van der Waals surface area contributed by atoms with Crippen LogP contribution in [0.2, 0.25) is 0 Å². The maximum Gasteiger partial charge on any atom is 0.250 e. The van der Waals surface area contributed by atoms with Crippen molar-refractivity contribution in [1.29, 1.82) is 0 Å². The second kappa shape index (κ2) is 6.97. The molecule has 126 valence electrons. The van der Waals surface area contributed by atoms with Crippen molar-refractivity contribution in [2.45, 2.75) is 27.3 Å². The van der Waals surface area contributed by atoms with Crippen LogP contribution in [0.15, 0.2) is 47.4 Å². The van der Waals surface area contributed by atoms with Crippen molar-refractivity contribution in [1.82, 2.24) is 4.57 Å². The summed E-state index contributed by atoms with van der Waals surface area (Å²) in [7, 11) is 0. The highest BCUT2D eigenvalue weighted by Crippen LogP contribution is 2.21. The first kappa shape index (κ1) is 17.9. The highest BCUT2D eigenvalue weighted by Gasteiger charge is 2.28. The maximum atomic E-state index is 12.6. The first-order valence-electron chi connectivity index (χ1n) is 7.57. The molecule has 1 aromatic heterocycles. The third-order valence-corrected chi connectivity index (χ3v) is 3.97. The Morgan fingerprint density at radius 2 is 2.00 bits per heavy atom. The van der Waals surface area contributed by atoms with E-state index >= 15 is 0 Å². The van der Waals surface area contributed by atoms with E-state index in [0.29, 0.717) is 11.3 Å². The van der Waals surface area contributed by atoms with Crippen molar-refractivity contribution in [3.05, 3.63) is 64.1 Å². The van der Waals surface area contributed by atoms with E-state index in [1.807, 2.05) is 13.0 Å². The fraction of sp³-hybridized carbons (Fsp3) is 0.278. The fourth-order valence-corrected chi connectivity index (χ4v) is 2.41. The number of aryl methyl sites for hydroxylation is 1. The van der Waals surface area contributed by atoms with E-state index in [-0.39, 0.29) is 23.0 Å². The van der Waals surface area contributed by atoms with Gasteiger partial charge in [0, 0.05) is 30.1 Å². The van der Waals surface area contributed by atoms with Gasteiger partial charge in [-0.15, -0.1) is 0 Å². The van der Waals surface area contributed by atoms with E-state index in [4.69, 9.17) is 18.0 Å². The zero-order valence-electron chi connectivity index (χ0n) is 14.0. The molecule has 0 bridgehead atoms. The molecule has 0 spiro atoms. The van der Waals surface area contributed by atoms with Gasteiger partial charge in [0.2, 0.25) is 5.91 Å². The lowest BCUT2D eigenvalue weighted by Crippen LogP contribution is -2.37. The normalized spacial score (nSPS) is 11.1. The third kappa shape index (κ3) is 4.29. The Kier molecular flexibility index (Phi) is 5.19. The largest absolute Gasteiger partial charge is 0.389 e. The van der Waals surface area contributed by atoms with Crippen LogP contribution in [0.5, 0.6) is 0 Å². The molecular weight excluding hydrogens is 322 g/mol. The molecule has 0 atom stereocenters. The van der Waals surface area contributed by atoms with Crippen LogP contribution in [0.25, 0.3) is 0 Å². The molecule has 0 saturated carbocycles. The van der Waals surface area contributed by atoms with Gasteiger partial charge in [0.05, 0.1) is 5.41 Å². The molecule has 1 aromatic carbocycles. The van der Waals surface area contributed by atoms with Crippen molar-refractivity contribution in [3.8, 4) is 0 Å². The number of hydrogen-bond donors (Lipinski definition) is 2. The second-order valence-corrected chi connectivity index (χ2v) is 6.89. The van der Waals surface area contributed by atoms with Crippen LogP contribution < -0.4 is 16.6 Å². The van der Waals surface area contributed by atoms with Crippen molar-refractivity contribution in [2.24, 2.45) is 11.1 Å². The highest BCUT2D eigenvalue weighted by molar-refractivity contribution is 7.80. The van der Waals surface area contributed by atoms with Gasteiger partial charge in [-0.1, -0.05) is 24.4 Å². The number of anilines is 1. The minimum Gasteiger partial charge on any atom is -0.389 e. The standard InChI is InChI=1S/C18H21N3O2S/c1-12-7-8-21(15(22)9-12)11-18(2,3)17(23)20-14-6-4-5-13(10-14)16(19)24/h4-10H,11H2,1-3H3,(H2,19,24)(H,20,23). The van der Waals surface area contributed by atoms with Gasteiger partial charge in [0.25, 0.3) is 5.56 Å². The topological polar surface area (TPSA) is 77.1 Å². The fourth-order valence-electron chi connectivity index (χ4n) is 2.29. The van der Waals surface area contributed by atoms with Crippen molar-refractivity contribution < 1.29 is 4.79 Å². The number of carbonyl (C=O) groups excluding carboxylic acids is 1. The SMILES string of the molecule is Cc1ccn(CC(C)(C)C(=O)Nc2cccc(C(N)=S)c2)c(=O)c1. The molecule has 0 aliphatic heterocycles. The molecular formula is C18H21N3O2S. The first-order valence-corrected chi connectivity index (χ1v) is 7.98. The van der Waals surface area contributed by atoms with Crippen LogP contribution in [0.4, 0.5) is 5.69 Å². The van der Waals surface area contributed by atoms with E-state index in [1.54, 1.807) is 50.4 Å². The third-order valence-electron chi connectivity index (χ3n) is 3.74. The average molecular weight is 343 g/mol. The molecule has 0 aliphatic carbocycles.